The second kappa shape index (κ2) is 9.10. The van der Waals surface area contributed by atoms with E-state index >= 15 is 0 Å². The summed E-state index contributed by atoms with van der Waals surface area (Å²) in [5.41, 5.74) is 3.22. The van der Waals surface area contributed by atoms with Crippen LogP contribution in [-0.2, 0) is 0 Å². The minimum atomic E-state index is -0.229. The van der Waals surface area contributed by atoms with E-state index in [4.69, 9.17) is 0 Å². The first-order valence-electron chi connectivity index (χ1n) is 11.4. The summed E-state index contributed by atoms with van der Waals surface area (Å²) >= 11 is 0. The summed E-state index contributed by atoms with van der Waals surface area (Å²) in [6.07, 6.45) is 7.52. The highest BCUT2D eigenvalue weighted by molar-refractivity contribution is 6.06. The van der Waals surface area contributed by atoms with Gasteiger partial charge in [0, 0.05) is 35.8 Å². The molecule has 0 aliphatic heterocycles. The maximum absolute atomic E-state index is 12.9. The van der Waals surface area contributed by atoms with Crippen LogP contribution in [0.15, 0.2) is 36.5 Å². The van der Waals surface area contributed by atoms with Crippen LogP contribution >= 0.6 is 0 Å². The number of anilines is 1. The largest absolute Gasteiger partial charge is 0.339 e. The fraction of sp³-hybridized carbons (Fsp3) is 0.440. The number of carbonyl (C=O) groups is 2. The van der Waals surface area contributed by atoms with Crippen molar-refractivity contribution < 1.29 is 9.59 Å². The van der Waals surface area contributed by atoms with Gasteiger partial charge < -0.3 is 10.2 Å². The molecule has 1 N–H and O–H groups in total. The van der Waals surface area contributed by atoms with Gasteiger partial charge in [0.2, 0.25) is 0 Å². The predicted molar refractivity (Wildman–Crippen MR) is 126 cm³/mol. The molecule has 0 spiro atoms. The Kier molecular flexibility index (Phi) is 6.26. The second-order valence-electron chi connectivity index (χ2n) is 8.96. The van der Waals surface area contributed by atoms with Gasteiger partial charge in [0.05, 0.1) is 17.5 Å². The number of hydrogen-bond donors (Lipinski definition) is 1. The van der Waals surface area contributed by atoms with Gasteiger partial charge in [-0.05, 0) is 63.9 Å². The standard InChI is InChI=1S/C25H31N5O2/c1-16(2)30-23-19(15-26-30)14-22(17(3)27-23)24(31)28-20-12-10-18(11-13-20)25(32)29(4)21-8-6-5-7-9-21/h10-16,21H,5-9H2,1-4H3,(H,28,31). The van der Waals surface area contributed by atoms with Gasteiger partial charge in [-0.15, -0.1) is 0 Å². The molecule has 32 heavy (non-hydrogen) atoms. The molecule has 0 atom stereocenters. The van der Waals surface area contributed by atoms with Gasteiger partial charge in [0.1, 0.15) is 0 Å². The fourth-order valence-corrected chi connectivity index (χ4v) is 4.41. The van der Waals surface area contributed by atoms with E-state index in [9.17, 15) is 9.59 Å². The molecule has 3 aromatic rings. The Bertz CT molecular complexity index is 1130. The van der Waals surface area contributed by atoms with Crippen molar-refractivity contribution in [2.45, 2.75) is 65.0 Å². The molecule has 1 aliphatic rings. The van der Waals surface area contributed by atoms with E-state index in [2.05, 4.69) is 15.4 Å². The first kappa shape index (κ1) is 22.0. The topological polar surface area (TPSA) is 80.1 Å². The van der Waals surface area contributed by atoms with Gasteiger partial charge in [0.15, 0.2) is 5.65 Å². The zero-order chi connectivity index (χ0) is 22.8. The molecule has 0 radical (unpaired) electrons. The zero-order valence-corrected chi connectivity index (χ0v) is 19.3. The van der Waals surface area contributed by atoms with Crippen LogP contribution in [-0.4, -0.2) is 44.6 Å². The molecule has 1 aromatic carbocycles. The lowest BCUT2D eigenvalue weighted by Crippen LogP contribution is -2.38. The van der Waals surface area contributed by atoms with Crippen LogP contribution < -0.4 is 5.32 Å². The highest BCUT2D eigenvalue weighted by atomic mass is 16.2. The van der Waals surface area contributed by atoms with Crippen molar-refractivity contribution in [2.24, 2.45) is 0 Å². The normalized spacial score (nSPS) is 14.7. The van der Waals surface area contributed by atoms with E-state index in [1.807, 2.05) is 43.5 Å². The third kappa shape index (κ3) is 4.38. The number of pyridine rings is 1. The summed E-state index contributed by atoms with van der Waals surface area (Å²) in [7, 11) is 1.89. The van der Waals surface area contributed by atoms with Crippen molar-refractivity contribution in [3.05, 3.63) is 53.3 Å². The van der Waals surface area contributed by atoms with E-state index in [0.29, 0.717) is 28.6 Å². The van der Waals surface area contributed by atoms with Crippen molar-refractivity contribution in [3.8, 4) is 0 Å². The van der Waals surface area contributed by atoms with Crippen molar-refractivity contribution in [1.29, 1.82) is 0 Å². The molecule has 1 aliphatic carbocycles. The first-order valence-corrected chi connectivity index (χ1v) is 11.4. The van der Waals surface area contributed by atoms with Crippen LogP contribution in [0.3, 0.4) is 0 Å². The third-order valence-corrected chi connectivity index (χ3v) is 6.33. The molecule has 2 aromatic heterocycles. The average Bonchev–Trinajstić information content (AvgIpc) is 3.21. The SMILES string of the molecule is Cc1nc2c(cnn2C(C)C)cc1C(=O)Nc1ccc(C(=O)N(C)C2CCCCC2)cc1. The summed E-state index contributed by atoms with van der Waals surface area (Å²) in [5.74, 6) is -0.199. The number of rotatable bonds is 5. The molecule has 2 heterocycles. The lowest BCUT2D eigenvalue weighted by Gasteiger charge is -2.31. The third-order valence-electron chi connectivity index (χ3n) is 6.33. The Balaban J connectivity index is 1.47. The molecule has 168 valence electrons. The highest BCUT2D eigenvalue weighted by Gasteiger charge is 2.23. The quantitative estimate of drug-likeness (QED) is 0.615. The van der Waals surface area contributed by atoms with E-state index < -0.39 is 0 Å². The minimum Gasteiger partial charge on any atom is -0.339 e. The van der Waals surface area contributed by atoms with Crippen LogP contribution in [0.4, 0.5) is 5.69 Å². The van der Waals surface area contributed by atoms with Crippen molar-refractivity contribution in [1.82, 2.24) is 19.7 Å². The molecular weight excluding hydrogens is 402 g/mol. The van der Waals surface area contributed by atoms with Crippen molar-refractivity contribution in [2.75, 3.05) is 12.4 Å². The fourth-order valence-electron chi connectivity index (χ4n) is 4.41. The smallest absolute Gasteiger partial charge is 0.257 e. The van der Waals surface area contributed by atoms with Gasteiger partial charge in [-0.2, -0.15) is 5.10 Å². The predicted octanol–water partition coefficient (Wildman–Crippen LogP) is 4.98. The van der Waals surface area contributed by atoms with Gasteiger partial charge in [-0.1, -0.05) is 19.3 Å². The molecule has 1 fully saturated rings. The Morgan fingerprint density at radius 1 is 1.12 bits per heavy atom. The van der Waals surface area contributed by atoms with Gasteiger partial charge >= 0.3 is 0 Å². The Labute approximate surface area is 188 Å². The zero-order valence-electron chi connectivity index (χ0n) is 19.3. The number of hydrogen-bond acceptors (Lipinski definition) is 4. The van der Waals surface area contributed by atoms with E-state index in [1.54, 1.807) is 30.5 Å². The molecule has 4 rings (SSSR count). The number of amides is 2. The van der Waals surface area contributed by atoms with E-state index in [-0.39, 0.29) is 17.9 Å². The molecule has 0 saturated heterocycles. The molecule has 1 saturated carbocycles. The Hall–Kier alpha value is -3.22. The number of nitrogens with one attached hydrogen (secondary N) is 1. The lowest BCUT2D eigenvalue weighted by atomic mass is 9.94. The summed E-state index contributed by atoms with van der Waals surface area (Å²) < 4.78 is 1.85. The summed E-state index contributed by atoms with van der Waals surface area (Å²) in [5, 5.41) is 8.14. The Morgan fingerprint density at radius 2 is 1.81 bits per heavy atom. The lowest BCUT2D eigenvalue weighted by molar-refractivity contribution is 0.0696. The number of benzene rings is 1. The number of aryl methyl sites for hydroxylation is 1. The number of nitrogens with zero attached hydrogens (tertiary/aromatic N) is 4. The van der Waals surface area contributed by atoms with Crippen LogP contribution in [0.5, 0.6) is 0 Å². The van der Waals surface area contributed by atoms with E-state index in [1.165, 1.54) is 19.3 Å². The monoisotopic (exact) mass is 433 g/mol. The summed E-state index contributed by atoms with van der Waals surface area (Å²) in [6, 6.07) is 9.45. The molecule has 2 amide bonds. The highest BCUT2D eigenvalue weighted by Crippen LogP contribution is 2.24. The van der Waals surface area contributed by atoms with Crippen molar-refractivity contribution >= 4 is 28.5 Å². The van der Waals surface area contributed by atoms with Crippen molar-refractivity contribution in [3.63, 3.8) is 0 Å². The minimum absolute atomic E-state index is 0.0300. The number of aromatic nitrogens is 3. The molecule has 0 unspecified atom stereocenters. The summed E-state index contributed by atoms with van der Waals surface area (Å²) in [4.78, 5) is 32.2. The average molecular weight is 434 g/mol. The second-order valence-corrected chi connectivity index (χ2v) is 8.96. The maximum atomic E-state index is 12.9. The molecule has 0 bridgehead atoms. The van der Waals surface area contributed by atoms with Gasteiger partial charge in [-0.3, -0.25) is 9.59 Å². The summed E-state index contributed by atoms with van der Waals surface area (Å²) in [6.45, 7) is 5.92. The molecule has 7 nitrogen and oxygen atoms in total. The first-order chi connectivity index (χ1) is 15.3. The van der Waals surface area contributed by atoms with Gasteiger partial charge in [-0.25, -0.2) is 9.67 Å². The Morgan fingerprint density at radius 3 is 2.47 bits per heavy atom. The molecule has 7 heteroatoms. The molecular formula is C25H31N5O2. The maximum Gasteiger partial charge on any atom is 0.257 e. The van der Waals surface area contributed by atoms with Gasteiger partial charge in [0.25, 0.3) is 11.8 Å². The van der Waals surface area contributed by atoms with Crippen LogP contribution in [0.1, 0.15) is 78.4 Å². The van der Waals surface area contributed by atoms with Crippen LogP contribution in [0.2, 0.25) is 0 Å². The number of carbonyl (C=O) groups excluding carboxylic acids is 2. The van der Waals surface area contributed by atoms with Crippen LogP contribution in [0.25, 0.3) is 11.0 Å². The van der Waals surface area contributed by atoms with E-state index in [0.717, 1.165) is 23.9 Å². The van der Waals surface area contributed by atoms with Crippen LogP contribution in [0, 0.1) is 6.92 Å². The number of fused-ring (bicyclic) bond motifs is 1.